The fraction of sp³-hybridized carbons (Fsp3) is 0.300. The van der Waals surface area contributed by atoms with E-state index in [4.69, 9.17) is 11.6 Å². The fourth-order valence-corrected chi connectivity index (χ4v) is 6.73. The van der Waals surface area contributed by atoms with Gasteiger partial charge in [-0.1, -0.05) is 29.8 Å². The first-order chi connectivity index (χ1) is 14.4. The standard InChI is InChI=1S/C20H21ClN4O3S2/c1-14-18(19(21)25(23-14)15-7-3-2-4-8-15)20(26)22-13-16-9-10-17(29-16)30(27,28)24-11-5-6-12-24/h2-4,7-10H,5-6,11-13H2,1H3,(H,22,26). The third kappa shape index (κ3) is 4.02. The minimum atomic E-state index is -3.44. The number of para-hydroxylation sites is 1. The van der Waals surface area contributed by atoms with Crippen LogP contribution in [0.2, 0.25) is 5.15 Å². The maximum Gasteiger partial charge on any atom is 0.256 e. The van der Waals surface area contributed by atoms with Gasteiger partial charge in [0.15, 0.2) is 0 Å². The molecule has 3 heterocycles. The Balaban J connectivity index is 1.47. The van der Waals surface area contributed by atoms with Crippen LogP contribution in [-0.2, 0) is 16.6 Å². The van der Waals surface area contributed by atoms with Crippen LogP contribution in [0.3, 0.4) is 0 Å². The van der Waals surface area contributed by atoms with Crippen molar-refractivity contribution < 1.29 is 13.2 Å². The summed E-state index contributed by atoms with van der Waals surface area (Å²) in [4.78, 5) is 13.5. The van der Waals surface area contributed by atoms with E-state index in [1.807, 2.05) is 30.3 Å². The first-order valence-corrected chi connectivity index (χ1v) is 12.2. The van der Waals surface area contributed by atoms with Gasteiger partial charge in [0.1, 0.15) is 9.36 Å². The van der Waals surface area contributed by atoms with Gasteiger partial charge in [-0.25, -0.2) is 13.1 Å². The molecule has 7 nitrogen and oxygen atoms in total. The number of rotatable bonds is 6. The van der Waals surface area contributed by atoms with Gasteiger partial charge in [-0.2, -0.15) is 9.40 Å². The molecule has 1 saturated heterocycles. The number of nitrogens with one attached hydrogen (secondary N) is 1. The average molecular weight is 465 g/mol. The van der Waals surface area contributed by atoms with Crippen molar-refractivity contribution in [1.29, 1.82) is 0 Å². The molecule has 0 spiro atoms. The molecule has 1 N–H and O–H groups in total. The van der Waals surface area contributed by atoms with E-state index in [9.17, 15) is 13.2 Å². The normalized spacial score (nSPS) is 14.9. The second-order valence-corrected chi connectivity index (χ2v) is 10.7. The lowest BCUT2D eigenvalue weighted by Gasteiger charge is -2.13. The fourth-order valence-electron chi connectivity index (χ4n) is 3.40. The summed E-state index contributed by atoms with van der Waals surface area (Å²) in [5, 5.41) is 7.44. The molecule has 1 amide bonds. The van der Waals surface area contributed by atoms with E-state index in [1.165, 1.54) is 20.3 Å². The number of carbonyl (C=O) groups is 1. The molecule has 0 aliphatic carbocycles. The Bertz CT molecular complexity index is 1170. The highest BCUT2D eigenvalue weighted by Crippen LogP contribution is 2.28. The van der Waals surface area contributed by atoms with E-state index < -0.39 is 10.0 Å². The quantitative estimate of drug-likeness (QED) is 0.604. The Labute approximate surface area is 184 Å². The van der Waals surface area contributed by atoms with Crippen LogP contribution in [0.5, 0.6) is 0 Å². The van der Waals surface area contributed by atoms with Crippen LogP contribution in [0.4, 0.5) is 0 Å². The minimum absolute atomic E-state index is 0.214. The van der Waals surface area contributed by atoms with Crippen LogP contribution >= 0.6 is 22.9 Å². The van der Waals surface area contributed by atoms with Gasteiger partial charge in [-0.05, 0) is 44.0 Å². The average Bonchev–Trinajstić information content (AvgIpc) is 3.48. The van der Waals surface area contributed by atoms with Gasteiger partial charge in [0, 0.05) is 18.0 Å². The molecule has 4 rings (SSSR count). The van der Waals surface area contributed by atoms with Crippen molar-refractivity contribution in [2.24, 2.45) is 0 Å². The topological polar surface area (TPSA) is 84.3 Å². The zero-order valence-electron chi connectivity index (χ0n) is 16.3. The number of thiophene rings is 1. The van der Waals surface area contributed by atoms with Crippen LogP contribution in [0, 0.1) is 6.92 Å². The Kier molecular flexibility index (Phi) is 5.97. The molecule has 1 fully saturated rings. The monoisotopic (exact) mass is 464 g/mol. The van der Waals surface area contributed by atoms with Crippen LogP contribution < -0.4 is 5.32 Å². The SMILES string of the molecule is Cc1nn(-c2ccccc2)c(Cl)c1C(=O)NCc1ccc(S(=O)(=O)N2CCCC2)s1. The molecule has 1 aliphatic rings. The molecular formula is C20H21ClN4O3S2. The van der Waals surface area contributed by atoms with E-state index >= 15 is 0 Å². The van der Waals surface area contributed by atoms with Crippen LogP contribution in [0.25, 0.3) is 5.69 Å². The predicted molar refractivity (Wildman–Crippen MR) is 117 cm³/mol. The van der Waals surface area contributed by atoms with Gasteiger partial charge in [0.05, 0.1) is 23.5 Å². The summed E-state index contributed by atoms with van der Waals surface area (Å²) in [6, 6.07) is 12.7. The van der Waals surface area contributed by atoms with Gasteiger partial charge in [0.2, 0.25) is 0 Å². The lowest BCUT2D eigenvalue weighted by Crippen LogP contribution is -2.27. The van der Waals surface area contributed by atoms with Crippen molar-refractivity contribution in [3.63, 3.8) is 0 Å². The van der Waals surface area contributed by atoms with Crippen molar-refractivity contribution in [2.45, 2.75) is 30.5 Å². The molecule has 0 bridgehead atoms. The number of amides is 1. The molecule has 0 unspecified atom stereocenters. The molecule has 10 heteroatoms. The van der Waals surface area contributed by atoms with Gasteiger partial charge in [-0.3, -0.25) is 4.79 Å². The maximum atomic E-state index is 12.7. The number of benzene rings is 1. The van der Waals surface area contributed by atoms with Crippen LogP contribution in [-0.4, -0.2) is 41.5 Å². The van der Waals surface area contributed by atoms with Gasteiger partial charge in [-0.15, -0.1) is 11.3 Å². The lowest BCUT2D eigenvalue weighted by atomic mass is 10.2. The lowest BCUT2D eigenvalue weighted by molar-refractivity contribution is 0.0951. The number of hydrogen-bond acceptors (Lipinski definition) is 5. The number of aromatic nitrogens is 2. The van der Waals surface area contributed by atoms with E-state index in [0.717, 1.165) is 23.4 Å². The second-order valence-electron chi connectivity index (χ2n) is 7.01. The van der Waals surface area contributed by atoms with E-state index in [0.29, 0.717) is 28.6 Å². The number of sulfonamides is 1. The number of nitrogens with zero attached hydrogens (tertiary/aromatic N) is 3. The molecule has 2 aromatic heterocycles. The van der Waals surface area contributed by atoms with Gasteiger partial charge >= 0.3 is 0 Å². The zero-order chi connectivity index (χ0) is 21.3. The number of halogens is 1. The van der Waals surface area contributed by atoms with Gasteiger partial charge in [0.25, 0.3) is 15.9 Å². The molecular weight excluding hydrogens is 444 g/mol. The highest BCUT2D eigenvalue weighted by molar-refractivity contribution is 7.91. The molecule has 30 heavy (non-hydrogen) atoms. The largest absolute Gasteiger partial charge is 0.347 e. The smallest absolute Gasteiger partial charge is 0.256 e. The summed E-state index contributed by atoms with van der Waals surface area (Å²) in [5.41, 5.74) is 1.59. The Morgan fingerprint density at radius 1 is 1.17 bits per heavy atom. The summed E-state index contributed by atoms with van der Waals surface area (Å²) in [6.45, 7) is 3.07. The highest BCUT2D eigenvalue weighted by Gasteiger charge is 2.28. The molecule has 3 aromatic rings. The molecule has 0 saturated carbocycles. The Hall–Kier alpha value is -2.20. The van der Waals surface area contributed by atoms with Crippen molar-refractivity contribution in [1.82, 2.24) is 19.4 Å². The third-order valence-corrected chi connectivity index (χ3v) is 8.75. The van der Waals surface area contributed by atoms with Crippen LogP contribution in [0.15, 0.2) is 46.7 Å². The first kappa shape index (κ1) is 21.0. The van der Waals surface area contributed by atoms with E-state index in [1.54, 1.807) is 19.1 Å². The molecule has 1 aliphatic heterocycles. The molecule has 158 valence electrons. The highest BCUT2D eigenvalue weighted by atomic mass is 35.5. The number of carbonyl (C=O) groups excluding carboxylic acids is 1. The number of hydrogen-bond donors (Lipinski definition) is 1. The summed E-state index contributed by atoms with van der Waals surface area (Å²) in [5.74, 6) is -0.350. The van der Waals surface area contributed by atoms with E-state index in [2.05, 4.69) is 10.4 Å². The first-order valence-electron chi connectivity index (χ1n) is 9.55. The molecule has 1 aromatic carbocycles. The molecule has 0 radical (unpaired) electrons. The maximum absolute atomic E-state index is 12.7. The Morgan fingerprint density at radius 2 is 1.87 bits per heavy atom. The summed E-state index contributed by atoms with van der Waals surface area (Å²) in [7, 11) is -3.44. The van der Waals surface area contributed by atoms with Crippen LogP contribution in [0.1, 0.15) is 33.8 Å². The van der Waals surface area contributed by atoms with Crippen molar-refractivity contribution in [2.75, 3.05) is 13.1 Å². The third-order valence-electron chi connectivity index (χ3n) is 4.95. The summed E-state index contributed by atoms with van der Waals surface area (Å²) in [6.07, 6.45) is 1.79. The summed E-state index contributed by atoms with van der Waals surface area (Å²) >= 11 is 7.61. The van der Waals surface area contributed by atoms with Gasteiger partial charge < -0.3 is 5.32 Å². The van der Waals surface area contributed by atoms with Crippen molar-refractivity contribution >= 4 is 38.9 Å². The van der Waals surface area contributed by atoms with Crippen molar-refractivity contribution in [3.8, 4) is 5.69 Å². The minimum Gasteiger partial charge on any atom is -0.347 e. The number of aryl methyl sites for hydroxylation is 1. The van der Waals surface area contributed by atoms with E-state index in [-0.39, 0.29) is 17.6 Å². The summed E-state index contributed by atoms with van der Waals surface area (Å²) < 4.78 is 28.7. The second kappa shape index (κ2) is 8.50. The predicted octanol–water partition coefficient (Wildman–Crippen LogP) is 3.61. The van der Waals surface area contributed by atoms with Crippen molar-refractivity contribution in [3.05, 3.63) is 63.8 Å². The Morgan fingerprint density at radius 3 is 2.57 bits per heavy atom. The zero-order valence-corrected chi connectivity index (χ0v) is 18.7. The molecule has 0 atom stereocenters.